The van der Waals surface area contributed by atoms with Gasteiger partial charge in [-0.3, -0.25) is 4.79 Å². The molecule has 0 saturated heterocycles. The van der Waals surface area contributed by atoms with Crippen LogP contribution in [0.4, 0.5) is 0 Å². The van der Waals surface area contributed by atoms with Gasteiger partial charge in [0.05, 0.1) is 0 Å². The van der Waals surface area contributed by atoms with Crippen molar-refractivity contribution in [2.24, 2.45) is 0 Å². The molecule has 20 heavy (non-hydrogen) atoms. The number of fused-ring (bicyclic) bond motifs is 1. The molecule has 0 N–H and O–H groups in total. The average Bonchev–Trinajstić information content (AvgIpc) is 2.49. The third-order valence-corrected chi connectivity index (χ3v) is 4.15. The standard InChI is InChI=1S/C18H14OS/c1-13-6-10-17(11-7-13)20-18(19)16-9-8-14-4-2-3-5-15(14)12-16/h2-12H,1H3. The van der Waals surface area contributed by atoms with E-state index in [2.05, 4.69) is 6.07 Å². The van der Waals surface area contributed by atoms with Crippen molar-refractivity contribution in [3.63, 3.8) is 0 Å². The number of carbonyl (C=O) groups excluding carboxylic acids is 1. The lowest BCUT2D eigenvalue weighted by Crippen LogP contribution is -1.93. The van der Waals surface area contributed by atoms with Crippen LogP contribution in [0, 0.1) is 6.92 Å². The first-order valence-electron chi connectivity index (χ1n) is 6.50. The smallest absolute Gasteiger partial charge is 0.224 e. The summed E-state index contributed by atoms with van der Waals surface area (Å²) in [6.07, 6.45) is 0. The summed E-state index contributed by atoms with van der Waals surface area (Å²) < 4.78 is 0. The summed E-state index contributed by atoms with van der Waals surface area (Å²) in [4.78, 5) is 13.3. The van der Waals surface area contributed by atoms with Crippen LogP contribution in [-0.4, -0.2) is 5.12 Å². The molecular formula is C18H14OS. The molecule has 0 radical (unpaired) electrons. The highest BCUT2D eigenvalue weighted by molar-refractivity contribution is 8.14. The lowest BCUT2D eigenvalue weighted by molar-refractivity contribution is 0.108. The second-order valence-electron chi connectivity index (χ2n) is 4.76. The number of aryl methyl sites for hydroxylation is 1. The zero-order chi connectivity index (χ0) is 13.9. The van der Waals surface area contributed by atoms with Gasteiger partial charge in [0.2, 0.25) is 5.12 Å². The molecule has 0 aliphatic carbocycles. The van der Waals surface area contributed by atoms with E-state index in [1.54, 1.807) is 0 Å². The number of hydrogen-bond acceptors (Lipinski definition) is 2. The summed E-state index contributed by atoms with van der Waals surface area (Å²) in [6.45, 7) is 2.04. The Balaban J connectivity index is 1.86. The monoisotopic (exact) mass is 278 g/mol. The summed E-state index contributed by atoms with van der Waals surface area (Å²) in [5.74, 6) is 0. The molecule has 0 amide bonds. The Hall–Kier alpha value is -2.06. The van der Waals surface area contributed by atoms with Gasteiger partial charge in [0.1, 0.15) is 0 Å². The van der Waals surface area contributed by atoms with Gasteiger partial charge in [0, 0.05) is 10.5 Å². The van der Waals surface area contributed by atoms with Crippen LogP contribution in [0.3, 0.4) is 0 Å². The van der Waals surface area contributed by atoms with Crippen LogP contribution in [0.1, 0.15) is 15.9 Å². The number of rotatable bonds is 2. The van der Waals surface area contributed by atoms with Crippen molar-refractivity contribution in [1.29, 1.82) is 0 Å². The molecule has 3 aromatic rings. The van der Waals surface area contributed by atoms with Crippen molar-refractivity contribution in [3.05, 3.63) is 77.9 Å². The number of thioether (sulfide) groups is 1. The second-order valence-corrected chi connectivity index (χ2v) is 5.81. The minimum absolute atomic E-state index is 0.0830. The van der Waals surface area contributed by atoms with E-state index in [4.69, 9.17) is 0 Å². The molecule has 2 heteroatoms. The summed E-state index contributed by atoms with van der Waals surface area (Å²) in [5, 5.41) is 2.34. The van der Waals surface area contributed by atoms with E-state index < -0.39 is 0 Å². The number of carbonyl (C=O) groups is 1. The maximum atomic E-state index is 12.3. The predicted molar refractivity (Wildman–Crippen MR) is 85.3 cm³/mol. The largest absolute Gasteiger partial charge is 0.281 e. The molecule has 0 aliphatic rings. The van der Waals surface area contributed by atoms with Crippen LogP contribution >= 0.6 is 11.8 Å². The van der Waals surface area contributed by atoms with E-state index in [0.29, 0.717) is 0 Å². The molecule has 3 aromatic carbocycles. The molecule has 3 rings (SSSR count). The van der Waals surface area contributed by atoms with Crippen molar-refractivity contribution in [3.8, 4) is 0 Å². The van der Waals surface area contributed by atoms with Crippen molar-refractivity contribution < 1.29 is 4.79 Å². The molecule has 98 valence electrons. The predicted octanol–water partition coefficient (Wildman–Crippen LogP) is 5.08. The van der Waals surface area contributed by atoms with Crippen molar-refractivity contribution in [2.45, 2.75) is 11.8 Å². The minimum Gasteiger partial charge on any atom is -0.281 e. The fourth-order valence-electron chi connectivity index (χ4n) is 2.09. The Labute approximate surface area is 122 Å². The van der Waals surface area contributed by atoms with E-state index in [1.807, 2.05) is 67.6 Å². The zero-order valence-electron chi connectivity index (χ0n) is 11.2. The zero-order valence-corrected chi connectivity index (χ0v) is 12.0. The highest BCUT2D eigenvalue weighted by Crippen LogP contribution is 2.25. The van der Waals surface area contributed by atoms with Gasteiger partial charge in [0.15, 0.2) is 0 Å². The first kappa shape index (κ1) is 12.9. The van der Waals surface area contributed by atoms with Gasteiger partial charge in [-0.25, -0.2) is 0 Å². The quantitative estimate of drug-likeness (QED) is 0.608. The molecule has 0 aromatic heterocycles. The Bertz CT molecular complexity index is 760. The topological polar surface area (TPSA) is 17.1 Å². The van der Waals surface area contributed by atoms with Crippen LogP contribution in [0.15, 0.2) is 71.6 Å². The first-order chi connectivity index (χ1) is 9.72. The van der Waals surface area contributed by atoms with E-state index in [9.17, 15) is 4.79 Å². The molecule has 0 saturated carbocycles. The van der Waals surface area contributed by atoms with Gasteiger partial charge in [-0.15, -0.1) is 0 Å². The normalized spacial score (nSPS) is 10.7. The van der Waals surface area contributed by atoms with Crippen LogP contribution in [0.25, 0.3) is 10.8 Å². The third kappa shape index (κ3) is 2.75. The van der Waals surface area contributed by atoms with Crippen LogP contribution < -0.4 is 0 Å². The molecule has 0 heterocycles. The van der Waals surface area contributed by atoms with Gasteiger partial charge < -0.3 is 0 Å². The van der Waals surface area contributed by atoms with Crippen molar-refractivity contribution in [2.75, 3.05) is 0 Å². The van der Waals surface area contributed by atoms with E-state index in [0.717, 1.165) is 21.2 Å². The van der Waals surface area contributed by atoms with E-state index >= 15 is 0 Å². The van der Waals surface area contributed by atoms with Gasteiger partial charge in [-0.2, -0.15) is 0 Å². The Morgan fingerprint density at radius 3 is 2.30 bits per heavy atom. The molecule has 0 bridgehead atoms. The number of hydrogen-bond donors (Lipinski definition) is 0. The van der Waals surface area contributed by atoms with Crippen molar-refractivity contribution >= 4 is 27.6 Å². The maximum absolute atomic E-state index is 12.3. The molecule has 0 atom stereocenters. The molecule has 0 aliphatic heterocycles. The van der Waals surface area contributed by atoms with Crippen LogP contribution in [0.5, 0.6) is 0 Å². The van der Waals surface area contributed by atoms with E-state index in [1.165, 1.54) is 17.3 Å². The van der Waals surface area contributed by atoms with Crippen LogP contribution in [-0.2, 0) is 0 Å². The highest BCUT2D eigenvalue weighted by atomic mass is 32.2. The molecule has 0 spiro atoms. The Kier molecular flexibility index (Phi) is 3.57. The Morgan fingerprint density at radius 2 is 1.55 bits per heavy atom. The molecule has 1 nitrogen and oxygen atoms in total. The summed E-state index contributed by atoms with van der Waals surface area (Å²) in [7, 11) is 0. The van der Waals surface area contributed by atoms with E-state index in [-0.39, 0.29) is 5.12 Å². The summed E-state index contributed by atoms with van der Waals surface area (Å²) >= 11 is 1.28. The fraction of sp³-hybridized carbons (Fsp3) is 0.0556. The van der Waals surface area contributed by atoms with Crippen molar-refractivity contribution in [1.82, 2.24) is 0 Å². The lowest BCUT2D eigenvalue weighted by Gasteiger charge is -2.03. The first-order valence-corrected chi connectivity index (χ1v) is 7.32. The third-order valence-electron chi connectivity index (χ3n) is 3.22. The summed E-state index contributed by atoms with van der Waals surface area (Å²) in [5.41, 5.74) is 1.95. The van der Waals surface area contributed by atoms with Gasteiger partial charge >= 0.3 is 0 Å². The average molecular weight is 278 g/mol. The Morgan fingerprint density at radius 1 is 0.850 bits per heavy atom. The maximum Gasteiger partial charge on any atom is 0.224 e. The van der Waals surface area contributed by atoms with Crippen LogP contribution in [0.2, 0.25) is 0 Å². The SMILES string of the molecule is Cc1ccc(SC(=O)c2ccc3ccccc3c2)cc1. The minimum atomic E-state index is 0.0830. The molecular weight excluding hydrogens is 264 g/mol. The highest BCUT2D eigenvalue weighted by Gasteiger charge is 2.08. The van der Waals surface area contributed by atoms with Gasteiger partial charge in [0.25, 0.3) is 0 Å². The molecule has 0 fully saturated rings. The lowest BCUT2D eigenvalue weighted by atomic mass is 10.1. The summed E-state index contributed by atoms with van der Waals surface area (Å²) in [6, 6.07) is 21.9. The van der Waals surface area contributed by atoms with Gasteiger partial charge in [-0.1, -0.05) is 48.0 Å². The van der Waals surface area contributed by atoms with Gasteiger partial charge in [-0.05, 0) is 53.7 Å². The fourth-order valence-corrected chi connectivity index (χ4v) is 2.82. The molecule has 0 unspecified atom stereocenters. The second kappa shape index (κ2) is 5.51. The number of benzene rings is 3.